The van der Waals surface area contributed by atoms with Crippen molar-refractivity contribution in [3.8, 4) is 11.8 Å². The van der Waals surface area contributed by atoms with Gasteiger partial charge < -0.3 is 9.47 Å². The summed E-state index contributed by atoms with van der Waals surface area (Å²) < 4.78 is 14.6. The minimum absolute atomic E-state index is 0.231. The highest BCUT2D eigenvalue weighted by Crippen LogP contribution is 2.47. The first kappa shape index (κ1) is 35.7. The van der Waals surface area contributed by atoms with E-state index in [4.69, 9.17) is 29.6 Å². The van der Waals surface area contributed by atoms with E-state index in [1.165, 1.54) is 47.9 Å². The van der Waals surface area contributed by atoms with Gasteiger partial charge in [-0.2, -0.15) is 0 Å². The van der Waals surface area contributed by atoms with E-state index in [1.54, 1.807) is 0 Å². The molecule has 6 fully saturated rings. The van der Waals surface area contributed by atoms with Crippen LogP contribution >= 0.6 is 0 Å². The summed E-state index contributed by atoms with van der Waals surface area (Å²) in [4.78, 5) is 14.9. The quantitative estimate of drug-likeness (QED) is 0.137. The van der Waals surface area contributed by atoms with Crippen LogP contribution in [0.15, 0.2) is 85.2 Å². The van der Waals surface area contributed by atoms with Crippen molar-refractivity contribution in [3.63, 3.8) is 0 Å². The molecule has 3 aromatic carbocycles. The van der Waals surface area contributed by atoms with Gasteiger partial charge in [-0.1, -0.05) is 62.1 Å². The lowest BCUT2D eigenvalue weighted by atomic mass is 9.72. The molecule has 5 unspecified atom stereocenters. The number of aryl methyl sites for hydroxylation is 2. The van der Waals surface area contributed by atoms with Gasteiger partial charge in [0.25, 0.3) is 0 Å². The van der Waals surface area contributed by atoms with Crippen molar-refractivity contribution < 1.29 is 9.47 Å². The Morgan fingerprint density at radius 1 is 0.607 bits per heavy atom. The average Bonchev–Trinajstić information content (AvgIpc) is 3.25. The predicted octanol–water partition coefficient (Wildman–Crippen LogP) is 9.82. The zero-order valence-corrected chi connectivity index (χ0v) is 33.3. The van der Waals surface area contributed by atoms with Crippen LogP contribution in [0, 0.1) is 37.5 Å². The second kappa shape index (κ2) is 14.7. The van der Waals surface area contributed by atoms with E-state index in [1.807, 2.05) is 12.4 Å². The van der Waals surface area contributed by atoms with Crippen molar-refractivity contribution in [2.75, 3.05) is 26.2 Å². The number of hydrogen-bond donors (Lipinski definition) is 0. The van der Waals surface area contributed by atoms with Crippen LogP contribution in [0.4, 0.5) is 0 Å². The fourth-order valence-corrected chi connectivity index (χ4v) is 11.1. The molecule has 6 saturated heterocycles. The van der Waals surface area contributed by atoms with Gasteiger partial charge in [-0.3, -0.25) is 19.8 Å². The molecule has 0 saturated carbocycles. The number of fused-ring (bicyclic) bond motifs is 9. The first-order valence-electron chi connectivity index (χ1n) is 21.2. The molecule has 0 radical (unpaired) electrons. The van der Waals surface area contributed by atoms with Crippen molar-refractivity contribution in [1.82, 2.24) is 30.0 Å². The topological polar surface area (TPSA) is 76.5 Å². The van der Waals surface area contributed by atoms with Crippen molar-refractivity contribution in [2.45, 2.75) is 90.5 Å². The molecule has 4 bridgehead atoms. The van der Waals surface area contributed by atoms with Crippen LogP contribution in [-0.4, -0.2) is 68.2 Å². The lowest BCUT2D eigenvalue weighted by Crippen LogP contribution is -2.56. The molecule has 6 aliphatic rings. The Labute approximate surface area is 330 Å². The highest BCUT2D eigenvalue weighted by molar-refractivity contribution is 5.91. The molecule has 56 heavy (non-hydrogen) atoms. The number of rotatable bonds is 10. The summed E-state index contributed by atoms with van der Waals surface area (Å²) in [5, 5.41) is 14.0. The Kier molecular flexibility index (Phi) is 9.37. The fraction of sp³-hybridized carbons (Fsp3) is 0.458. The second-order valence-corrected chi connectivity index (χ2v) is 17.3. The monoisotopic (exact) mass is 746 g/mol. The fourth-order valence-electron chi connectivity index (χ4n) is 11.1. The number of benzene rings is 3. The smallest absolute Gasteiger partial charge is 0.242 e. The molecule has 3 aromatic heterocycles. The van der Waals surface area contributed by atoms with Gasteiger partial charge in [0.2, 0.25) is 11.8 Å². The van der Waals surface area contributed by atoms with Crippen LogP contribution in [0.5, 0.6) is 11.8 Å². The SMILES string of the molecule is CCC1CN2CCC1C[C@H]2[C@H](Oc1nnc(O[C@H](c2ccnc3ccc(C)cc23)[C@@H]2C[C@H]3CCN2CC3CC)c2ccccc12)c1ccnc2ccc(C)cc12. The molecular weight excluding hydrogens is 693 g/mol. The number of nitrogens with zero attached hydrogens (tertiary/aromatic N) is 6. The van der Waals surface area contributed by atoms with E-state index in [-0.39, 0.29) is 24.3 Å². The van der Waals surface area contributed by atoms with Crippen molar-refractivity contribution in [2.24, 2.45) is 23.7 Å². The van der Waals surface area contributed by atoms with E-state index >= 15 is 0 Å². The molecule has 6 aromatic rings. The maximum absolute atomic E-state index is 7.30. The Morgan fingerprint density at radius 2 is 1.07 bits per heavy atom. The molecule has 0 aliphatic carbocycles. The second-order valence-electron chi connectivity index (χ2n) is 17.3. The third-order valence-electron chi connectivity index (χ3n) is 14.2. The van der Waals surface area contributed by atoms with Gasteiger partial charge in [0.15, 0.2) is 0 Å². The summed E-state index contributed by atoms with van der Waals surface area (Å²) in [6.07, 6.45) is 10.6. The average molecular weight is 747 g/mol. The molecule has 9 heterocycles. The molecule has 288 valence electrons. The first-order chi connectivity index (χ1) is 27.4. The van der Waals surface area contributed by atoms with Crippen LogP contribution in [0.2, 0.25) is 0 Å². The number of aromatic nitrogens is 4. The highest BCUT2D eigenvalue weighted by atomic mass is 16.5. The van der Waals surface area contributed by atoms with Gasteiger partial charge in [-0.05, 0) is 125 Å². The molecule has 0 spiro atoms. The molecule has 8 heteroatoms. The lowest BCUT2D eigenvalue weighted by Gasteiger charge is -2.52. The van der Waals surface area contributed by atoms with Crippen LogP contribution < -0.4 is 9.47 Å². The first-order valence-corrected chi connectivity index (χ1v) is 21.2. The molecule has 8 nitrogen and oxygen atoms in total. The predicted molar refractivity (Wildman–Crippen MR) is 223 cm³/mol. The Balaban J connectivity index is 1.06. The maximum Gasteiger partial charge on any atom is 0.242 e. The Hall–Kier alpha value is -4.66. The standard InChI is InChI=1S/C48H54N6O2/c1-5-31-27-53-21-17-33(31)25-43(53)45(35-15-19-49-41-13-11-29(3)23-39(35)41)55-47-37-9-7-8-10-38(37)48(52-51-47)56-46(44-26-34-18-22-54(44)28-32(34)6-2)36-16-20-50-42-14-12-30(4)24-40(36)42/h7-16,19-20,23-24,31-34,43-46H,5-6,17-18,21-22,25-28H2,1-4H3/t31?,32?,33-,34?,43+,44+,45-,46-/m1/s1. The third kappa shape index (κ3) is 6.29. The van der Waals surface area contributed by atoms with E-state index in [2.05, 4.69) is 110 Å². The van der Waals surface area contributed by atoms with Crippen LogP contribution in [0.25, 0.3) is 32.6 Å². The largest absolute Gasteiger partial charge is 0.466 e. The lowest BCUT2D eigenvalue weighted by molar-refractivity contribution is -0.0505. The number of pyridine rings is 2. The maximum atomic E-state index is 7.30. The number of hydrogen-bond acceptors (Lipinski definition) is 8. The summed E-state index contributed by atoms with van der Waals surface area (Å²) in [5.41, 5.74) is 6.75. The molecular formula is C48H54N6O2. The summed E-state index contributed by atoms with van der Waals surface area (Å²) in [6.45, 7) is 13.5. The van der Waals surface area contributed by atoms with E-state index in [9.17, 15) is 0 Å². The normalized spacial score (nSPS) is 28.1. The highest BCUT2D eigenvalue weighted by Gasteiger charge is 2.46. The van der Waals surface area contributed by atoms with Gasteiger partial charge in [0.05, 0.1) is 33.9 Å². The summed E-state index contributed by atoms with van der Waals surface area (Å²) in [7, 11) is 0. The Morgan fingerprint density at radius 3 is 1.48 bits per heavy atom. The summed E-state index contributed by atoms with van der Waals surface area (Å²) >= 11 is 0. The van der Waals surface area contributed by atoms with Crippen LogP contribution in [0.3, 0.4) is 0 Å². The van der Waals surface area contributed by atoms with Crippen molar-refractivity contribution in [3.05, 3.63) is 107 Å². The molecule has 0 amide bonds. The van der Waals surface area contributed by atoms with E-state index in [0.29, 0.717) is 23.6 Å². The van der Waals surface area contributed by atoms with Gasteiger partial charge in [-0.25, -0.2) is 0 Å². The van der Waals surface area contributed by atoms with E-state index < -0.39 is 0 Å². The van der Waals surface area contributed by atoms with Gasteiger partial charge in [-0.15, -0.1) is 10.2 Å². The van der Waals surface area contributed by atoms with Crippen molar-refractivity contribution >= 4 is 32.6 Å². The minimum atomic E-state index is -0.233. The number of ether oxygens (including phenoxy) is 2. The molecule has 10 atom stereocenters. The molecule has 6 aliphatic heterocycles. The third-order valence-corrected chi connectivity index (χ3v) is 14.2. The molecule has 12 rings (SSSR count). The van der Waals surface area contributed by atoms with Crippen LogP contribution in [-0.2, 0) is 0 Å². The Bertz CT molecular complexity index is 2230. The molecule has 0 N–H and O–H groups in total. The summed E-state index contributed by atoms with van der Waals surface area (Å²) in [6, 6.07) is 26.3. The van der Waals surface area contributed by atoms with E-state index in [0.717, 1.165) is 83.4 Å². The van der Waals surface area contributed by atoms with Crippen LogP contribution in [0.1, 0.15) is 86.8 Å². The minimum Gasteiger partial charge on any atom is -0.466 e. The van der Waals surface area contributed by atoms with Crippen molar-refractivity contribution in [1.29, 1.82) is 0 Å². The number of piperidine rings is 6. The van der Waals surface area contributed by atoms with Gasteiger partial charge in [0, 0.05) is 47.4 Å². The zero-order chi connectivity index (χ0) is 37.9. The zero-order valence-electron chi connectivity index (χ0n) is 33.3. The van der Waals surface area contributed by atoms with Gasteiger partial charge in [0.1, 0.15) is 12.2 Å². The summed E-state index contributed by atoms with van der Waals surface area (Å²) in [5.74, 6) is 4.01. The van der Waals surface area contributed by atoms with Gasteiger partial charge >= 0.3 is 0 Å².